The minimum atomic E-state index is -0.249. The molecule has 0 radical (unpaired) electrons. The van der Waals surface area contributed by atoms with Crippen LogP contribution >= 0.6 is 11.3 Å². The molecule has 1 saturated heterocycles. The number of piperidine rings is 1. The molecular formula is C19H24FN3OS. The van der Waals surface area contributed by atoms with Crippen LogP contribution in [0.2, 0.25) is 0 Å². The SMILES string of the molecule is Cc1nc(Cc2ccc(F)cc2)sc1C(=O)N1CCC(N)C(C)(C)C1. The van der Waals surface area contributed by atoms with E-state index in [1.54, 1.807) is 12.1 Å². The first-order valence-corrected chi connectivity index (χ1v) is 9.33. The number of likely N-dealkylation sites (tertiary alicyclic amines) is 1. The number of halogens is 1. The smallest absolute Gasteiger partial charge is 0.265 e. The first kappa shape index (κ1) is 18.0. The molecule has 1 amide bonds. The van der Waals surface area contributed by atoms with Crippen LogP contribution in [0, 0.1) is 18.2 Å². The van der Waals surface area contributed by atoms with E-state index in [1.807, 2.05) is 11.8 Å². The Labute approximate surface area is 151 Å². The van der Waals surface area contributed by atoms with Crippen molar-refractivity contribution in [1.29, 1.82) is 0 Å². The highest BCUT2D eigenvalue weighted by molar-refractivity contribution is 7.13. The van der Waals surface area contributed by atoms with Gasteiger partial charge in [-0.25, -0.2) is 9.37 Å². The molecule has 4 nitrogen and oxygen atoms in total. The number of benzene rings is 1. The van der Waals surface area contributed by atoms with Crippen LogP contribution in [0.1, 0.15) is 46.2 Å². The van der Waals surface area contributed by atoms with Crippen molar-refractivity contribution in [2.45, 2.75) is 39.7 Å². The normalized spacial score (nSPS) is 19.9. The van der Waals surface area contributed by atoms with Crippen molar-refractivity contribution in [1.82, 2.24) is 9.88 Å². The molecule has 1 unspecified atom stereocenters. The predicted octanol–water partition coefficient (Wildman–Crippen LogP) is 3.38. The Hall–Kier alpha value is -1.79. The van der Waals surface area contributed by atoms with Crippen LogP contribution in [-0.2, 0) is 6.42 Å². The van der Waals surface area contributed by atoms with E-state index < -0.39 is 0 Å². The molecule has 1 aromatic carbocycles. The van der Waals surface area contributed by atoms with E-state index in [4.69, 9.17) is 5.73 Å². The molecule has 0 bridgehead atoms. The predicted molar refractivity (Wildman–Crippen MR) is 98.3 cm³/mol. The third-order valence-electron chi connectivity index (χ3n) is 4.90. The highest BCUT2D eigenvalue weighted by Crippen LogP contribution is 2.30. The maximum absolute atomic E-state index is 13.0. The van der Waals surface area contributed by atoms with Crippen LogP contribution in [0.15, 0.2) is 24.3 Å². The Bertz CT molecular complexity index is 769. The quantitative estimate of drug-likeness (QED) is 0.912. The van der Waals surface area contributed by atoms with Crippen LogP contribution in [0.5, 0.6) is 0 Å². The van der Waals surface area contributed by atoms with Gasteiger partial charge in [0.1, 0.15) is 10.7 Å². The second-order valence-corrected chi connectivity index (χ2v) is 8.52. The summed E-state index contributed by atoms with van der Waals surface area (Å²) in [7, 11) is 0. The molecule has 1 aliphatic rings. The van der Waals surface area contributed by atoms with Crippen molar-refractivity contribution in [3.05, 3.63) is 51.2 Å². The van der Waals surface area contributed by atoms with E-state index in [9.17, 15) is 9.18 Å². The number of nitrogens with zero attached hydrogens (tertiary/aromatic N) is 2. The van der Waals surface area contributed by atoms with Crippen LogP contribution < -0.4 is 5.73 Å². The van der Waals surface area contributed by atoms with Crippen molar-refractivity contribution in [2.75, 3.05) is 13.1 Å². The van der Waals surface area contributed by atoms with Gasteiger partial charge in [0.05, 0.1) is 10.7 Å². The molecule has 0 saturated carbocycles. The zero-order valence-corrected chi connectivity index (χ0v) is 15.7. The van der Waals surface area contributed by atoms with Crippen molar-refractivity contribution < 1.29 is 9.18 Å². The van der Waals surface area contributed by atoms with Gasteiger partial charge in [0, 0.05) is 25.6 Å². The standard InChI is InChI=1S/C19H24FN3OS/c1-12-17(18(24)23-9-8-15(21)19(2,3)11-23)25-16(22-12)10-13-4-6-14(20)7-5-13/h4-7,15H,8-11,21H2,1-3H3. The van der Waals surface area contributed by atoms with Crippen LogP contribution in [-0.4, -0.2) is 34.9 Å². The molecule has 0 aliphatic carbocycles. The number of hydrogen-bond donors (Lipinski definition) is 1. The summed E-state index contributed by atoms with van der Waals surface area (Å²) in [5, 5.41) is 0.875. The molecule has 25 heavy (non-hydrogen) atoms. The van der Waals surface area contributed by atoms with Crippen LogP contribution in [0.3, 0.4) is 0 Å². The molecule has 1 fully saturated rings. The Kier molecular flexibility index (Phi) is 4.93. The zero-order valence-electron chi connectivity index (χ0n) is 14.9. The highest BCUT2D eigenvalue weighted by atomic mass is 32.1. The molecule has 1 aromatic heterocycles. The van der Waals surface area contributed by atoms with Gasteiger partial charge < -0.3 is 10.6 Å². The highest BCUT2D eigenvalue weighted by Gasteiger charge is 2.36. The maximum atomic E-state index is 13.0. The summed E-state index contributed by atoms with van der Waals surface area (Å²) in [6.07, 6.45) is 1.43. The molecule has 134 valence electrons. The van der Waals surface area contributed by atoms with Crippen molar-refractivity contribution >= 4 is 17.2 Å². The summed E-state index contributed by atoms with van der Waals surface area (Å²) < 4.78 is 13.0. The summed E-state index contributed by atoms with van der Waals surface area (Å²) >= 11 is 1.43. The fraction of sp³-hybridized carbons (Fsp3) is 0.474. The Morgan fingerprint density at radius 1 is 1.40 bits per heavy atom. The average Bonchev–Trinajstić information content (AvgIpc) is 2.92. The van der Waals surface area contributed by atoms with Gasteiger partial charge in [0.15, 0.2) is 0 Å². The summed E-state index contributed by atoms with van der Waals surface area (Å²) in [6.45, 7) is 7.44. The number of hydrogen-bond acceptors (Lipinski definition) is 4. The monoisotopic (exact) mass is 361 g/mol. The fourth-order valence-corrected chi connectivity index (χ4v) is 4.26. The van der Waals surface area contributed by atoms with Gasteiger partial charge in [0.25, 0.3) is 5.91 Å². The number of carbonyl (C=O) groups is 1. The molecule has 3 rings (SSSR count). The third kappa shape index (κ3) is 3.90. The summed E-state index contributed by atoms with van der Waals surface area (Å²) in [6, 6.07) is 6.51. The lowest BCUT2D eigenvalue weighted by Crippen LogP contribution is -2.53. The minimum absolute atomic E-state index is 0.0420. The Morgan fingerprint density at radius 3 is 2.72 bits per heavy atom. The molecule has 2 N–H and O–H groups in total. The number of aryl methyl sites for hydroxylation is 1. The van der Waals surface area contributed by atoms with Gasteiger partial charge in [-0.2, -0.15) is 0 Å². The first-order valence-electron chi connectivity index (χ1n) is 8.52. The third-order valence-corrected chi connectivity index (χ3v) is 6.05. The van der Waals surface area contributed by atoms with E-state index in [2.05, 4.69) is 18.8 Å². The lowest BCUT2D eigenvalue weighted by atomic mass is 9.79. The topological polar surface area (TPSA) is 59.2 Å². The van der Waals surface area contributed by atoms with E-state index in [1.165, 1.54) is 23.5 Å². The van der Waals surface area contributed by atoms with Gasteiger partial charge in [0.2, 0.25) is 0 Å². The number of amides is 1. The zero-order chi connectivity index (χ0) is 18.2. The minimum Gasteiger partial charge on any atom is -0.337 e. The summed E-state index contributed by atoms with van der Waals surface area (Å²) in [5.41, 5.74) is 7.84. The van der Waals surface area contributed by atoms with Crippen molar-refractivity contribution in [2.24, 2.45) is 11.1 Å². The molecule has 1 aliphatic heterocycles. The molecular weight excluding hydrogens is 337 g/mol. The number of rotatable bonds is 3. The Balaban J connectivity index is 1.75. The second-order valence-electron chi connectivity index (χ2n) is 7.44. The number of nitrogens with two attached hydrogens (primary N) is 1. The van der Waals surface area contributed by atoms with Gasteiger partial charge in [-0.1, -0.05) is 26.0 Å². The average molecular weight is 361 g/mol. The lowest BCUT2D eigenvalue weighted by molar-refractivity contribution is 0.0536. The van der Waals surface area contributed by atoms with E-state index in [-0.39, 0.29) is 23.2 Å². The summed E-state index contributed by atoms with van der Waals surface area (Å²) in [5.74, 6) is -0.207. The molecule has 1 atom stereocenters. The van der Waals surface area contributed by atoms with Crippen molar-refractivity contribution in [3.63, 3.8) is 0 Å². The van der Waals surface area contributed by atoms with E-state index in [0.717, 1.165) is 22.7 Å². The van der Waals surface area contributed by atoms with Gasteiger partial charge in [-0.3, -0.25) is 4.79 Å². The number of aromatic nitrogens is 1. The molecule has 2 aromatic rings. The molecule has 6 heteroatoms. The van der Waals surface area contributed by atoms with E-state index in [0.29, 0.717) is 24.4 Å². The van der Waals surface area contributed by atoms with Crippen LogP contribution in [0.25, 0.3) is 0 Å². The van der Waals surface area contributed by atoms with Gasteiger partial charge >= 0.3 is 0 Å². The maximum Gasteiger partial charge on any atom is 0.265 e. The lowest BCUT2D eigenvalue weighted by Gasteiger charge is -2.42. The van der Waals surface area contributed by atoms with Crippen molar-refractivity contribution in [3.8, 4) is 0 Å². The Morgan fingerprint density at radius 2 is 2.08 bits per heavy atom. The largest absolute Gasteiger partial charge is 0.337 e. The van der Waals surface area contributed by atoms with E-state index >= 15 is 0 Å². The molecule has 0 spiro atoms. The fourth-order valence-electron chi connectivity index (χ4n) is 3.19. The summed E-state index contributed by atoms with van der Waals surface area (Å²) in [4.78, 5) is 20.1. The van der Waals surface area contributed by atoms with Gasteiger partial charge in [-0.05, 0) is 36.5 Å². The number of carbonyl (C=O) groups excluding carboxylic acids is 1. The van der Waals surface area contributed by atoms with Gasteiger partial charge in [-0.15, -0.1) is 11.3 Å². The number of thiazole rings is 1. The second kappa shape index (κ2) is 6.84. The first-order chi connectivity index (χ1) is 11.8. The molecule has 2 heterocycles. The van der Waals surface area contributed by atoms with Crippen LogP contribution in [0.4, 0.5) is 4.39 Å².